The largest absolute Gasteiger partial charge is 0.481 e. The molecule has 0 aliphatic rings. The smallest absolute Gasteiger partial charge is 0.305 e. The molecule has 1 unspecified atom stereocenters. The number of carboxylic acid groups (broad SMARTS) is 1. The molecule has 0 aliphatic carbocycles. The zero-order chi connectivity index (χ0) is 15.7. The number of carboxylic acids is 1. The van der Waals surface area contributed by atoms with Crippen LogP contribution >= 0.6 is 0 Å². The third-order valence-corrected chi connectivity index (χ3v) is 3.17. The Hall–Kier alpha value is -1.88. The number of carbonyl (C=O) groups is 2. The summed E-state index contributed by atoms with van der Waals surface area (Å²) >= 11 is 0. The Morgan fingerprint density at radius 3 is 2.67 bits per heavy atom. The van der Waals surface area contributed by atoms with E-state index in [2.05, 4.69) is 5.32 Å². The summed E-state index contributed by atoms with van der Waals surface area (Å²) in [6.45, 7) is 4.98. The molecule has 1 atom stereocenters. The minimum atomic E-state index is -0.933. The average Bonchev–Trinajstić information content (AvgIpc) is 2.43. The molecule has 0 radical (unpaired) electrons. The highest BCUT2D eigenvalue weighted by Gasteiger charge is 2.19. The van der Waals surface area contributed by atoms with Crippen molar-refractivity contribution in [3.8, 4) is 0 Å². The summed E-state index contributed by atoms with van der Waals surface area (Å²) in [7, 11) is 0. The predicted octanol–water partition coefficient (Wildman–Crippen LogP) is 2.44. The topological polar surface area (TPSA) is 75.6 Å². The van der Waals surface area contributed by atoms with Gasteiger partial charge in [-0.15, -0.1) is 0 Å². The van der Waals surface area contributed by atoms with Crippen molar-refractivity contribution in [3.63, 3.8) is 0 Å². The molecular formula is C16H23NO4. The summed E-state index contributed by atoms with van der Waals surface area (Å²) in [6, 6.07) is 7.00. The van der Waals surface area contributed by atoms with E-state index in [0.29, 0.717) is 26.1 Å². The first-order valence-electron chi connectivity index (χ1n) is 7.19. The maximum Gasteiger partial charge on any atom is 0.305 e. The van der Waals surface area contributed by atoms with E-state index >= 15 is 0 Å². The molecule has 5 heteroatoms. The fourth-order valence-electron chi connectivity index (χ4n) is 2.14. The van der Waals surface area contributed by atoms with Crippen LogP contribution in [0.1, 0.15) is 43.4 Å². The average molecular weight is 293 g/mol. The van der Waals surface area contributed by atoms with Crippen LogP contribution in [0, 0.1) is 6.92 Å². The van der Waals surface area contributed by atoms with Gasteiger partial charge in [0, 0.05) is 19.6 Å². The summed E-state index contributed by atoms with van der Waals surface area (Å²) in [5, 5.41) is 11.8. The Labute approximate surface area is 125 Å². The van der Waals surface area contributed by atoms with Crippen LogP contribution in [0.5, 0.6) is 0 Å². The second-order valence-electron chi connectivity index (χ2n) is 4.88. The molecule has 1 amide bonds. The molecular weight excluding hydrogens is 270 g/mol. The van der Waals surface area contributed by atoms with Gasteiger partial charge in [-0.2, -0.15) is 0 Å². The van der Waals surface area contributed by atoms with Crippen molar-refractivity contribution in [2.45, 2.75) is 39.2 Å². The highest BCUT2D eigenvalue weighted by atomic mass is 16.5. The Kier molecular flexibility index (Phi) is 7.46. The molecule has 1 aromatic rings. The van der Waals surface area contributed by atoms with E-state index in [4.69, 9.17) is 9.84 Å². The summed E-state index contributed by atoms with van der Waals surface area (Å²) < 4.78 is 5.18. The van der Waals surface area contributed by atoms with Gasteiger partial charge in [-0.25, -0.2) is 0 Å². The zero-order valence-corrected chi connectivity index (χ0v) is 12.6. The lowest BCUT2D eigenvalue weighted by Gasteiger charge is -2.19. The number of aryl methyl sites for hydroxylation is 1. The number of carbonyl (C=O) groups excluding carboxylic acids is 1. The fraction of sp³-hybridized carbons (Fsp3) is 0.500. The normalized spacial score (nSPS) is 11.9. The first-order valence-corrected chi connectivity index (χ1v) is 7.19. The van der Waals surface area contributed by atoms with E-state index in [9.17, 15) is 9.59 Å². The van der Waals surface area contributed by atoms with E-state index in [1.54, 1.807) is 0 Å². The molecule has 0 aliphatic heterocycles. The number of rotatable bonds is 9. The summed E-state index contributed by atoms with van der Waals surface area (Å²) in [5.74, 6) is -1.08. The lowest BCUT2D eigenvalue weighted by atomic mass is 9.98. The highest BCUT2D eigenvalue weighted by molar-refractivity contribution is 5.77. The molecule has 1 rings (SSSR count). The molecule has 0 saturated heterocycles. The van der Waals surface area contributed by atoms with Crippen LogP contribution in [0.2, 0.25) is 0 Å². The molecule has 0 saturated carbocycles. The number of hydrogen-bond acceptors (Lipinski definition) is 3. The lowest BCUT2D eigenvalue weighted by molar-refractivity contribution is -0.137. The van der Waals surface area contributed by atoms with Crippen molar-refractivity contribution in [1.29, 1.82) is 0 Å². The number of nitrogens with one attached hydrogen (secondary N) is 1. The van der Waals surface area contributed by atoms with Crippen molar-refractivity contribution in [2.75, 3.05) is 13.2 Å². The highest BCUT2D eigenvalue weighted by Crippen LogP contribution is 2.20. The van der Waals surface area contributed by atoms with Crippen LogP contribution in [0.4, 0.5) is 0 Å². The molecule has 0 aromatic heterocycles. The number of aliphatic carboxylic acids is 1. The van der Waals surface area contributed by atoms with Gasteiger partial charge in [0.25, 0.3) is 0 Å². The van der Waals surface area contributed by atoms with Gasteiger partial charge in [0.1, 0.15) is 0 Å². The van der Waals surface area contributed by atoms with Crippen molar-refractivity contribution < 1.29 is 19.4 Å². The van der Waals surface area contributed by atoms with Gasteiger partial charge in [0.2, 0.25) is 5.91 Å². The van der Waals surface area contributed by atoms with Crippen LogP contribution in [0.3, 0.4) is 0 Å². The Balaban J connectivity index is 2.64. The number of amides is 1. The molecule has 2 N–H and O–H groups in total. The third kappa shape index (κ3) is 6.40. The SMILES string of the molecule is CCOCCCC(=O)NC(CC(=O)O)c1ccccc1C. The van der Waals surface area contributed by atoms with Gasteiger partial charge >= 0.3 is 5.97 Å². The molecule has 0 spiro atoms. The first-order chi connectivity index (χ1) is 10.0. The Morgan fingerprint density at radius 2 is 2.05 bits per heavy atom. The van der Waals surface area contributed by atoms with Crippen molar-refractivity contribution in [2.24, 2.45) is 0 Å². The van der Waals surface area contributed by atoms with Crippen molar-refractivity contribution in [3.05, 3.63) is 35.4 Å². The lowest BCUT2D eigenvalue weighted by Crippen LogP contribution is -2.30. The van der Waals surface area contributed by atoms with E-state index in [-0.39, 0.29) is 12.3 Å². The van der Waals surface area contributed by atoms with E-state index < -0.39 is 12.0 Å². The Bertz CT molecular complexity index is 473. The number of ether oxygens (including phenoxy) is 1. The molecule has 0 heterocycles. The number of benzene rings is 1. The van der Waals surface area contributed by atoms with Gasteiger partial charge in [-0.1, -0.05) is 24.3 Å². The second kappa shape index (κ2) is 9.13. The van der Waals surface area contributed by atoms with Crippen molar-refractivity contribution >= 4 is 11.9 Å². The third-order valence-electron chi connectivity index (χ3n) is 3.17. The second-order valence-corrected chi connectivity index (χ2v) is 4.88. The molecule has 0 fully saturated rings. The molecule has 1 aromatic carbocycles. The van der Waals surface area contributed by atoms with Crippen LogP contribution in [-0.4, -0.2) is 30.2 Å². The molecule has 5 nitrogen and oxygen atoms in total. The van der Waals surface area contributed by atoms with Gasteiger partial charge in [-0.05, 0) is 31.4 Å². The minimum absolute atomic E-state index is 0.123. The van der Waals surface area contributed by atoms with E-state index in [1.165, 1.54) is 0 Å². The summed E-state index contributed by atoms with van der Waals surface area (Å²) in [6.07, 6.45) is 0.845. The molecule has 21 heavy (non-hydrogen) atoms. The van der Waals surface area contributed by atoms with Crippen molar-refractivity contribution in [1.82, 2.24) is 5.32 Å². The number of hydrogen-bond donors (Lipinski definition) is 2. The van der Waals surface area contributed by atoms with Gasteiger partial charge in [0.15, 0.2) is 0 Å². The predicted molar refractivity (Wildman–Crippen MR) is 80.0 cm³/mol. The van der Waals surface area contributed by atoms with E-state index in [1.807, 2.05) is 38.1 Å². The minimum Gasteiger partial charge on any atom is -0.481 e. The standard InChI is InChI=1S/C16H23NO4/c1-3-21-10-6-9-15(18)17-14(11-16(19)20)13-8-5-4-7-12(13)2/h4-5,7-8,14H,3,6,9-11H2,1-2H3,(H,17,18)(H,19,20). The summed E-state index contributed by atoms with van der Waals surface area (Å²) in [4.78, 5) is 22.9. The van der Waals surface area contributed by atoms with E-state index in [0.717, 1.165) is 11.1 Å². The monoisotopic (exact) mass is 293 g/mol. The molecule has 0 bridgehead atoms. The summed E-state index contributed by atoms with van der Waals surface area (Å²) in [5.41, 5.74) is 1.82. The van der Waals surface area contributed by atoms with Crippen LogP contribution in [0.25, 0.3) is 0 Å². The van der Waals surface area contributed by atoms with Gasteiger partial charge in [-0.3, -0.25) is 9.59 Å². The maximum absolute atomic E-state index is 11.9. The molecule has 116 valence electrons. The van der Waals surface area contributed by atoms with Gasteiger partial charge in [0.05, 0.1) is 12.5 Å². The van der Waals surface area contributed by atoms with Crippen LogP contribution in [-0.2, 0) is 14.3 Å². The van der Waals surface area contributed by atoms with Crippen LogP contribution < -0.4 is 5.32 Å². The fourth-order valence-corrected chi connectivity index (χ4v) is 2.14. The maximum atomic E-state index is 11.9. The quantitative estimate of drug-likeness (QED) is 0.686. The van der Waals surface area contributed by atoms with Gasteiger partial charge < -0.3 is 15.2 Å². The Morgan fingerprint density at radius 1 is 1.33 bits per heavy atom. The van der Waals surface area contributed by atoms with Crippen LogP contribution in [0.15, 0.2) is 24.3 Å². The zero-order valence-electron chi connectivity index (χ0n) is 12.6. The first kappa shape index (κ1) is 17.2.